The van der Waals surface area contributed by atoms with Gasteiger partial charge in [-0.15, -0.1) is 0 Å². The van der Waals surface area contributed by atoms with E-state index in [9.17, 15) is 18.0 Å². The maximum atomic E-state index is 11.6. The van der Waals surface area contributed by atoms with E-state index in [0.29, 0.717) is 0 Å². The van der Waals surface area contributed by atoms with Crippen LogP contribution in [0.5, 0.6) is 0 Å². The van der Waals surface area contributed by atoms with Gasteiger partial charge in [-0.2, -0.15) is 0 Å². The van der Waals surface area contributed by atoms with Crippen molar-refractivity contribution in [2.45, 2.75) is 24.8 Å². The number of aromatic nitrogens is 2. The standard InChI is InChI=1S/C8H11ClN2O4S/c1-5(2)11-4-6(16(9,14)15)7(12)10(3)8(11)13/h4-5H,1-3H3. The Labute approximate surface area is 96.5 Å². The predicted molar refractivity (Wildman–Crippen MR) is 59.4 cm³/mol. The Balaban J connectivity index is 3.83. The van der Waals surface area contributed by atoms with Crippen LogP contribution in [0.2, 0.25) is 0 Å². The van der Waals surface area contributed by atoms with Gasteiger partial charge >= 0.3 is 5.69 Å². The highest BCUT2D eigenvalue weighted by molar-refractivity contribution is 8.13. The smallest absolute Gasteiger partial charge is 0.297 e. The van der Waals surface area contributed by atoms with Crippen LogP contribution in [-0.2, 0) is 16.1 Å². The van der Waals surface area contributed by atoms with E-state index < -0.39 is 25.2 Å². The van der Waals surface area contributed by atoms with Crippen LogP contribution in [0.1, 0.15) is 19.9 Å². The fourth-order valence-electron chi connectivity index (χ4n) is 1.20. The second kappa shape index (κ2) is 4.06. The minimum absolute atomic E-state index is 0.267. The number of hydrogen-bond donors (Lipinski definition) is 0. The molecular weight excluding hydrogens is 256 g/mol. The Morgan fingerprint density at radius 3 is 2.19 bits per heavy atom. The van der Waals surface area contributed by atoms with Crippen molar-refractivity contribution < 1.29 is 8.42 Å². The van der Waals surface area contributed by atoms with Crippen molar-refractivity contribution in [3.8, 4) is 0 Å². The first-order valence-electron chi connectivity index (χ1n) is 4.43. The van der Waals surface area contributed by atoms with E-state index in [1.165, 1.54) is 7.05 Å². The van der Waals surface area contributed by atoms with E-state index in [-0.39, 0.29) is 6.04 Å². The molecule has 8 heteroatoms. The molecule has 0 amide bonds. The third kappa shape index (κ3) is 2.19. The van der Waals surface area contributed by atoms with Crippen LogP contribution >= 0.6 is 10.7 Å². The lowest BCUT2D eigenvalue weighted by molar-refractivity contribution is 0.517. The Bertz CT molecular complexity index is 626. The van der Waals surface area contributed by atoms with Gasteiger partial charge in [-0.1, -0.05) is 0 Å². The molecule has 1 aromatic rings. The van der Waals surface area contributed by atoms with Gasteiger partial charge in [-0.25, -0.2) is 13.2 Å². The van der Waals surface area contributed by atoms with Crippen molar-refractivity contribution in [1.82, 2.24) is 9.13 Å². The third-order valence-corrected chi connectivity index (χ3v) is 3.40. The van der Waals surface area contributed by atoms with Crippen LogP contribution in [-0.4, -0.2) is 17.6 Å². The van der Waals surface area contributed by atoms with Gasteiger partial charge < -0.3 is 0 Å². The summed E-state index contributed by atoms with van der Waals surface area (Å²) < 4.78 is 24.1. The van der Waals surface area contributed by atoms with Gasteiger partial charge in [0.2, 0.25) is 0 Å². The summed E-state index contributed by atoms with van der Waals surface area (Å²) in [5.41, 5.74) is -1.50. The number of hydrogen-bond acceptors (Lipinski definition) is 4. The quantitative estimate of drug-likeness (QED) is 0.709. The molecule has 1 heterocycles. The minimum atomic E-state index is -4.15. The molecule has 90 valence electrons. The van der Waals surface area contributed by atoms with Crippen molar-refractivity contribution in [2.75, 3.05) is 0 Å². The highest BCUT2D eigenvalue weighted by Gasteiger charge is 2.20. The summed E-state index contributed by atoms with van der Waals surface area (Å²) in [6.07, 6.45) is 0.970. The van der Waals surface area contributed by atoms with Gasteiger partial charge in [0.25, 0.3) is 14.6 Å². The molecule has 0 atom stereocenters. The molecule has 0 spiro atoms. The molecular formula is C8H11ClN2O4S. The van der Waals surface area contributed by atoms with Gasteiger partial charge in [0.05, 0.1) is 0 Å². The van der Waals surface area contributed by atoms with E-state index in [1.807, 2.05) is 0 Å². The van der Waals surface area contributed by atoms with Crippen LogP contribution in [0, 0.1) is 0 Å². The van der Waals surface area contributed by atoms with E-state index in [0.717, 1.165) is 15.3 Å². The molecule has 1 aromatic heterocycles. The Morgan fingerprint density at radius 1 is 1.31 bits per heavy atom. The normalized spacial score (nSPS) is 12.1. The number of nitrogens with zero attached hydrogens (tertiary/aromatic N) is 2. The zero-order valence-corrected chi connectivity index (χ0v) is 10.5. The highest BCUT2D eigenvalue weighted by atomic mass is 35.7. The van der Waals surface area contributed by atoms with Crippen LogP contribution in [0.25, 0.3) is 0 Å². The lowest BCUT2D eigenvalue weighted by Gasteiger charge is -2.11. The van der Waals surface area contributed by atoms with Crippen LogP contribution < -0.4 is 11.2 Å². The van der Waals surface area contributed by atoms with Gasteiger partial charge in [-0.05, 0) is 13.8 Å². The maximum Gasteiger partial charge on any atom is 0.331 e. The van der Waals surface area contributed by atoms with E-state index in [2.05, 4.69) is 0 Å². The molecule has 0 saturated heterocycles. The second-order valence-electron chi connectivity index (χ2n) is 3.58. The lowest BCUT2D eigenvalue weighted by Crippen LogP contribution is -2.40. The van der Waals surface area contributed by atoms with Crippen molar-refractivity contribution in [2.24, 2.45) is 7.05 Å². The molecule has 0 aliphatic heterocycles. The fraction of sp³-hybridized carbons (Fsp3) is 0.500. The number of rotatable bonds is 2. The summed E-state index contributed by atoms with van der Waals surface area (Å²) in [7, 11) is 2.16. The molecule has 16 heavy (non-hydrogen) atoms. The topological polar surface area (TPSA) is 78.1 Å². The summed E-state index contributed by atoms with van der Waals surface area (Å²) in [6, 6.07) is -0.267. The van der Waals surface area contributed by atoms with Crippen molar-refractivity contribution >= 4 is 19.7 Å². The van der Waals surface area contributed by atoms with E-state index in [4.69, 9.17) is 10.7 Å². The van der Waals surface area contributed by atoms with E-state index >= 15 is 0 Å². The lowest BCUT2D eigenvalue weighted by atomic mass is 10.4. The first kappa shape index (κ1) is 13.0. The second-order valence-corrected chi connectivity index (χ2v) is 6.11. The van der Waals surface area contributed by atoms with Crippen LogP contribution in [0.15, 0.2) is 20.7 Å². The SMILES string of the molecule is CC(C)n1cc(S(=O)(=O)Cl)c(=O)n(C)c1=O. The van der Waals surface area contributed by atoms with Crippen LogP contribution in [0.3, 0.4) is 0 Å². The van der Waals surface area contributed by atoms with Gasteiger partial charge in [0.15, 0.2) is 4.90 Å². The third-order valence-electron chi connectivity index (χ3n) is 2.10. The molecule has 0 aliphatic rings. The summed E-state index contributed by atoms with van der Waals surface area (Å²) in [4.78, 5) is 22.5. The Kier molecular flexibility index (Phi) is 3.30. The summed E-state index contributed by atoms with van der Waals surface area (Å²) in [5, 5.41) is 0. The molecule has 0 bridgehead atoms. The molecule has 0 unspecified atom stereocenters. The molecule has 1 rings (SSSR count). The average Bonchev–Trinajstić information content (AvgIpc) is 2.11. The molecule has 0 fully saturated rings. The van der Waals surface area contributed by atoms with Crippen LogP contribution in [0.4, 0.5) is 0 Å². The van der Waals surface area contributed by atoms with Crippen molar-refractivity contribution in [1.29, 1.82) is 0 Å². The monoisotopic (exact) mass is 266 g/mol. The summed E-state index contributed by atoms with van der Waals surface area (Å²) in [6.45, 7) is 3.38. The van der Waals surface area contributed by atoms with Crippen molar-refractivity contribution in [3.63, 3.8) is 0 Å². The number of halogens is 1. The maximum absolute atomic E-state index is 11.6. The summed E-state index contributed by atoms with van der Waals surface area (Å²) >= 11 is 0. The Hall–Kier alpha value is -1.08. The molecule has 6 nitrogen and oxygen atoms in total. The predicted octanol–water partition coefficient (Wildman–Crippen LogP) is 0.0554. The molecule has 0 saturated carbocycles. The fourth-order valence-corrected chi connectivity index (χ4v) is 2.10. The largest absolute Gasteiger partial charge is 0.331 e. The first-order chi connectivity index (χ1) is 7.16. The minimum Gasteiger partial charge on any atom is -0.297 e. The van der Waals surface area contributed by atoms with Gasteiger partial charge in [0, 0.05) is 30.0 Å². The zero-order chi connectivity index (χ0) is 12.7. The first-order valence-corrected chi connectivity index (χ1v) is 6.74. The molecule has 0 radical (unpaired) electrons. The average molecular weight is 267 g/mol. The Morgan fingerprint density at radius 2 is 1.81 bits per heavy atom. The summed E-state index contributed by atoms with van der Waals surface area (Å²) in [5.74, 6) is 0. The molecule has 0 aromatic carbocycles. The highest BCUT2D eigenvalue weighted by Crippen LogP contribution is 2.10. The van der Waals surface area contributed by atoms with E-state index in [1.54, 1.807) is 13.8 Å². The molecule has 0 N–H and O–H groups in total. The molecule has 0 aliphatic carbocycles. The van der Waals surface area contributed by atoms with Crippen molar-refractivity contribution in [3.05, 3.63) is 27.0 Å². The zero-order valence-electron chi connectivity index (χ0n) is 8.97. The van der Waals surface area contributed by atoms with Gasteiger partial charge in [0.1, 0.15) is 0 Å². The van der Waals surface area contributed by atoms with Gasteiger partial charge in [-0.3, -0.25) is 13.9 Å².